The monoisotopic (exact) mass is 438 g/mol. The van der Waals surface area contributed by atoms with Gasteiger partial charge >= 0.3 is 0 Å². The van der Waals surface area contributed by atoms with E-state index >= 15 is 0 Å². The Labute approximate surface area is 158 Å². The van der Waals surface area contributed by atoms with Gasteiger partial charge in [-0.2, -0.15) is 5.26 Å². The lowest BCUT2D eigenvalue weighted by molar-refractivity contribution is 0.604. The molecule has 0 aromatic heterocycles. The fourth-order valence-electron chi connectivity index (χ4n) is 2.15. The van der Waals surface area contributed by atoms with E-state index in [2.05, 4.69) is 34.7 Å². The quantitative estimate of drug-likeness (QED) is 0.437. The predicted octanol–water partition coefficient (Wildman–Crippen LogP) is 3.49. The van der Waals surface area contributed by atoms with Crippen molar-refractivity contribution in [2.24, 2.45) is 4.99 Å². The van der Waals surface area contributed by atoms with Gasteiger partial charge in [0.2, 0.25) is 0 Å². The number of nitriles is 1. The molecule has 126 valence electrons. The van der Waals surface area contributed by atoms with Crippen molar-refractivity contribution in [1.82, 2.24) is 10.6 Å². The Kier molecular flexibility index (Phi) is 8.19. The summed E-state index contributed by atoms with van der Waals surface area (Å²) in [5.74, 6) is 0.197. The minimum Gasteiger partial charge on any atom is -0.352 e. The van der Waals surface area contributed by atoms with E-state index in [-0.39, 0.29) is 24.0 Å². The molecule has 0 aliphatic carbocycles. The second-order valence-electron chi connectivity index (χ2n) is 5.12. The van der Waals surface area contributed by atoms with Gasteiger partial charge in [-0.05, 0) is 30.2 Å². The third-order valence-electron chi connectivity index (χ3n) is 3.56. The first-order valence-corrected chi connectivity index (χ1v) is 7.31. The van der Waals surface area contributed by atoms with Crippen LogP contribution in [0, 0.1) is 24.1 Å². The molecule has 0 heterocycles. The van der Waals surface area contributed by atoms with Crippen LogP contribution in [-0.4, -0.2) is 13.0 Å². The van der Waals surface area contributed by atoms with Crippen LogP contribution in [0.3, 0.4) is 0 Å². The number of hydrogen-bond acceptors (Lipinski definition) is 2. The molecular formula is C18H20FIN4. The molecule has 0 saturated heterocycles. The summed E-state index contributed by atoms with van der Waals surface area (Å²) in [5, 5.41) is 15.0. The minimum absolute atomic E-state index is 0. The maximum atomic E-state index is 13.8. The number of aryl methyl sites for hydroxylation is 1. The minimum atomic E-state index is -0.397. The van der Waals surface area contributed by atoms with Crippen molar-refractivity contribution < 1.29 is 4.39 Å². The molecule has 0 aliphatic heterocycles. The number of halogens is 2. The SMILES string of the molecule is CN=C(NCc1ccccc1C)NCc1ccc(C#N)cc1F.I. The third-order valence-corrected chi connectivity index (χ3v) is 3.56. The number of rotatable bonds is 4. The van der Waals surface area contributed by atoms with Crippen LogP contribution in [0.15, 0.2) is 47.5 Å². The van der Waals surface area contributed by atoms with Gasteiger partial charge in [-0.25, -0.2) is 4.39 Å². The van der Waals surface area contributed by atoms with Crippen LogP contribution < -0.4 is 10.6 Å². The van der Waals surface area contributed by atoms with Crippen LogP contribution in [0.4, 0.5) is 4.39 Å². The molecule has 0 aliphatic rings. The zero-order valence-electron chi connectivity index (χ0n) is 13.6. The van der Waals surface area contributed by atoms with Crippen LogP contribution in [-0.2, 0) is 13.1 Å². The molecule has 6 heteroatoms. The summed E-state index contributed by atoms with van der Waals surface area (Å²) < 4.78 is 13.8. The van der Waals surface area contributed by atoms with Gasteiger partial charge in [0.15, 0.2) is 5.96 Å². The second-order valence-corrected chi connectivity index (χ2v) is 5.12. The zero-order valence-corrected chi connectivity index (χ0v) is 16.0. The van der Waals surface area contributed by atoms with Crippen molar-refractivity contribution in [3.8, 4) is 6.07 Å². The van der Waals surface area contributed by atoms with E-state index < -0.39 is 5.82 Å². The van der Waals surface area contributed by atoms with Crippen LogP contribution in [0.25, 0.3) is 0 Å². The van der Waals surface area contributed by atoms with Crippen LogP contribution in [0.2, 0.25) is 0 Å². The second kappa shape index (κ2) is 9.88. The molecule has 2 N–H and O–H groups in total. The standard InChI is InChI=1S/C18H19FN4.HI/c1-13-5-3-4-6-15(13)11-22-18(21-2)23-12-16-8-7-14(10-20)9-17(16)19;/h3-9H,11-12H2,1-2H3,(H2,21,22,23);1H. The Bertz CT molecular complexity index is 753. The Morgan fingerprint density at radius 2 is 1.79 bits per heavy atom. The smallest absolute Gasteiger partial charge is 0.191 e. The summed E-state index contributed by atoms with van der Waals surface area (Å²) in [6, 6.07) is 14.5. The van der Waals surface area contributed by atoms with Crippen molar-refractivity contribution in [1.29, 1.82) is 5.26 Å². The molecule has 24 heavy (non-hydrogen) atoms. The molecule has 0 radical (unpaired) electrons. The number of aliphatic imine (C=N–C) groups is 1. The molecule has 0 unspecified atom stereocenters. The van der Waals surface area contributed by atoms with Gasteiger partial charge in [0.05, 0.1) is 11.6 Å². The first-order valence-electron chi connectivity index (χ1n) is 7.31. The van der Waals surface area contributed by atoms with Crippen LogP contribution >= 0.6 is 24.0 Å². The first kappa shape index (κ1) is 19.9. The Morgan fingerprint density at radius 3 is 2.38 bits per heavy atom. The summed E-state index contributed by atoms with van der Waals surface area (Å²) in [7, 11) is 1.67. The highest BCUT2D eigenvalue weighted by atomic mass is 127. The summed E-state index contributed by atoms with van der Waals surface area (Å²) in [6.07, 6.45) is 0. The zero-order chi connectivity index (χ0) is 16.7. The van der Waals surface area contributed by atoms with Gasteiger partial charge in [0.25, 0.3) is 0 Å². The molecule has 0 bridgehead atoms. The van der Waals surface area contributed by atoms with Crippen molar-refractivity contribution in [2.75, 3.05) is 7.05 Å². The highest BCUT2D eigenvalue weighted by Crippen LogP contribution is 2.10. The van der Waals surface area contributed by atoms with E-state index in [9.17, 15) is 4.39 Å². The van der Waals surface area contributed by atoms with Crippen molar-refractivity contribution >= 4 is 29.9 Å². The topological polar surface area (TPSA) is 60.2 Å². The molecule has 0 amide bonds. The lowest BCUT2D eigenvalue weighted by Gasteiger charge is -2.13. The van der Waals surface area contributed by atoms with Gasteiger partial charge in [-0.1, -0.05) is 30.3 Å². The Hall–Kier alpha value is -2.14. The molecule has 0 saturated carbocycles. The number of nitrogens with zero attached hydrogens (tertiary/aromatic N) is 2. The largest absolute Gasteiger partial charge is 0.352 e. The lowest BCUT2D eigenvalue weighted by Crippen LogP contribution is -2.36. The van der Waals surface area contributed by atoms with E-state index in [4.69, 9.17) is 5.26 Å². The highest BCUT2D eigenvalue weighted by Gasteiger charge is 2.05. The molecule has 2 rings (SSSR count). The van der Waals surface area contributed by atoms with Gasteiger partial charge < -0.3 is 10.6 Å². The van der Waals surface area contributed by atoms with Gasteiger partial charge in [-0.15, -0.1) is 24.0 Å². The molecular weight excluding hydrogens is 418 g/mol. The van der Waals surface area contributed by atoms with Crippen molar-refractivity contribution in [2.45, 2.75) is 20.0 Å². The first-order chi connectivity index (χ1) is 11.1. The van der Waals surface area contributed by atoms with Crippen molar-refractivity contribution in [3.05, 3.63) is 70.5 Å². The third kappa shape index (κ3) is 5.49. The molecule has 4 nitrogen and oxygen atoms in total. The maximum absolute atomic E-state index is 13.8. The molecule has 0 spiro atoms. The summed E-state index contributed by atoms with van der Waals surface area (Å²) in [6.45, 7) is 2.99. The average molecular weight is 438 g/mol. The number of guanidine groups is 1. The fraction of sp³-hybridized carbons (Fsp3) is 0.222. The molecule has 2 aromatic rings. The highest BCUT2D eigenvalue weighted by molar-refractivity contribution is 14.0. The Morgan fingerprint density at radius 1 is 1.12 bits per heavy atom. The molecule has 0 fully saturated rings. The lowest BCUT2D eigenvalue weighted by atomic mass is 10.1. The predicted molar refractivity (Wildman–Crippen MR) is 105 cm³/mol. The van der Waals surface area contributed by atoms with Crippen molar-refractivity contribution in [3.63, 3.8) is 0 Å². The number of nitrogens with one attached hydrogen (secondary N) is 2. The summed E-state index contributed by atoms with van der Waals surface area (Å²) in [5.41, 5.74) is 3.18. The van der Waals surface area contributed by atoms with Gasteiger partial charge in [0.1, 0.15) is 5.82 Å². The van der Waals surface area contributed by atoms with Gasteiger partial charge in [-0.3, -0.25) is 4.99 Å². The van der Waals surface area contributed by atoms with E-state index in [1.54, 1.807) is 19.2 Å². The fourth-order valence-corrected chi connectivity index (χ4v) is 2.15. The number of benzene rings is 2. The van der Waals surface area contributed by atoms with Crippen LogP contribution in [0.1, 0.15) is 22.3 Å². The van der Waals surface area contributed by atoms with E-state index in [0.717, 1.165) is 0 Å². The summed E-state index contributed by atoms with van der Waals surface area (Å²) in [4.78, 5) is 4.13. The molecule has 2 aromatic carbocycles. The maximum Gasteiger partial charge on any atom is 0.191 e. The van der Waals surface area contributed by atoms with E-state index in [1.165, 1.54) is 17.2 Å². The Balaban J connectivity index is 0.00000288. The van der Waals surface area contributed by atoms with E-state index in [1.807, 2.05) is 18.2 Å². The average Bonchev–Trinajstić information content (AvgIpc) is 2.57. The summed E-state index contributed by atoms with van der Waals surface area (Å²) >= 11 is 0. The normalized spacial score (nSPS) is 10.5. The van der Waals surface area contributed by atoms with Crippen LogP contribution in [0.5, 0.6) is 0 Å². The van der Waals surface area contributed by atoms with E-state index in [0.29, 0.717) is 30.2 Å². The van der Waals surface area contributed by atoms with Gasteiger partial charge in [0, 0.05) is 25.7 Å². The number of hydrogen-bond donors (Lipinski definition) is 2. The molecule has 0 atom stereocenters.